The molecule has 8 heteroatoms. The summed E-state index contributed by atoms with van der Waals surface area (Å²) in [5, 5.41) is 0.734. The number of benzene rings is 1. The van der Waals surface area contributed by atoms with E-state index in [9.17, 15) is 8.42 Å². The van der Waals surface area contributed by atoms with Gasteiger partial charge in [0.25, 0.3) is 0 Å². The summed E-state index contributed by atoms with van der Waals surface area (Å²) in [7, 11) is -3.46. The number of sulfone groups is 1. The first-order valence-corrected chi connectivity index (χ1v) is 10.1. The Kier molecular flexibility index (Phi) is 5.25. The second kappa shape index (κ2) is 7.08. The van der Waals surface area contributed by atoms with Gasteiger partial charge in [-0.25, -0.2) is 8.42 Å². The largest absolute Gasteiger partial charge is 0.369 e. The van der Waals surface area contributed by atoms with E-state index in [0.717, 1.165) is 0 Å². The van der Waals surface area contributed by atoms with Gasteiger partial charge in [-0.3, -0.25) is 4.98 Å². The molecule has 1 aliphatic heterocycles. The number of piperidine rings is 1. The lowest BCUT2D eigenvalue weighted by Crippen LogP contribution is -2.39. The predicted octanol–water partition coefficient (Wildman–Crippen LogP) is 4.48. The van der Waals surface area contributed by atoms with Gasteiger partial charge in [-0.15, -0.1) is 0 Å². The highest BCUT2D eigenvalue weighted by molar-refractivity contribution is 7.92. The van der Waals surface area contributed by atoms with Crippen molar-refractivity contribution < 1.29 is 8.42 Å². The Morgan fingerprint density at radius 2 is 1.54 bits per heavy atom. The molecule has 0 atom stereocenters. The molecule has 0 bridgehead atoms. The van der Waals surface area contributed by atoms with Gasteiger partial charge < -0.3 is 4.90 Å². The normalized spacial score (nSPS) is 16.4. The fourth-order valence-electron chi connectivity index (χ4n) is 2.95. The van der Waals surface area contributed by atoms with Crippen LogP contribution in [0, 0.1) is 0 Å². The van der Waals surface area contributed by atoms with Crippen LogP contribution in [-0.2, 0) is 9.84 Å². The van der Waals surface area contributed by atoms with Crippen LogP contribution in [0.3, 0.4) is 0 Å². The molecule has 0 radical (unpaired) electrons. The molecule has 0 saturated carbocycles. The third-order valence-electron chi connectivity index (χ3n) is 4.17. The highest BCUT2D eigenvalue weighted by atomic mass is 35.5. The molecule has 1 fully saturated rings. The van der Waals surface area contributed by atoms with Crippen molar-refractivity contribution in [2.45, 2.75) is 23.0 Å². The Morgan fingerprint density at radius 3 is 2.12 bits per heavy atom. The highest BCUT2D eigenvalue weighted by Gasteiger charge is 2.33. The van der Waals surface area contributed by atoms with Gasteiger partial charge in [0.1, 0.15) is 0 Å². The average molecular weight is 406 g/mol. The first-order chi connectivity index (χ1) is 11.4. The highest BCUT2D eigenvalue weighted by Crippen LogP contribution is 2.36. The van der Waals surface area contributed by atoms with Crippen LogP contribution in [0.15, 0.2) is 41.6 Å². The molecule has 1 saturated heterocycles. The summed E-state index contributed by atoms with van der Waals surface area (Å²) < 4.78 is 25.6. The maximum atomic E-state index is 12.8. The number of halogens is 3. The van der Waals surface area contributed by atoms with E-state index < -0.39 is 15.1 Å². The second-order valence-corrected chi connectivity index (χ2v) is 9.03. The van der Waals surface area contributed by atoms with Crippen molar-refractivity contribution in [3.8, 4) is 0 Å². The fourth-order valence-corrected chi connectivity index (χ4v) is 5.81. The Bertz CT molecular complexity index is 830. The van der Waals surface area contributed by atoms with Crippen molar-refractivity contribution in [2.75, 3.05) is 18.0 Å². The smallest absolute Gasteiger partial charge is 0.182 e. The fraction of sp³-hybridized carbons (Fsp3) is 0.312. The van der Waals surface area contributed by atoms with Crippen molar-refractivity contribution in [3.05, 3.63) is 51.7 Å². The van der Waals surface area contributed by atoms with Crippen molar-refractivity contribution in [1.82, 2.24) is 4.98 Å². The molecule has 1 aromatic heterocycles. The molecule has 0 N–H and O–H groups in total. The minimum Gasteiger partial charge on any atom is -0.369 e. The topological polar surface area (TPSA) is 50.3 Å². The third kappa shape index (κ3) is 3.36. The summed E-state index contributed by atoms with van der Waals surface area (Å²) in [5.41, 5.74) is 0.710. The third-order valence-corrected chi connectivity index (χ3v) is 7.48. The zero-order chi connectivity index (χ0) is 17.3. The SMILES string of the molecule is O=S(=O)(c1ccccc1Cl)C1CCN(c2c(Cl)cncc2Cl)CC1. The van der Waals surface area contributed by atoms with Crippen LogP contribution in [-0.4, -0.2) is 31.7 Å². The molecule has 0 spiro atoms. The van der Waals surface area contributed by atoms with Crippen LogP contribution >= 0.6 is 34.8 Å². The first kappa shape index (κ1) is 17.8. The van der Waals surface area contributed by atoms with Gasteiger partial charge in [0, 0.05) is 25.5 Å². The van der Waals surface area contributed by atoms with Gasteiger partial charge >= 0.3 is 0 Å². The summed E-state index contributed by atoms with van der Waals surface area (Å²) >= 11 is 18.4. The molecular weight excluding hydrogens is 391 g/mol. The van der Waals surface area contributed by atoms with Gasteiger partial charge in [-0.05, 0) is 25.0 Å². The number of pyridine rings is 1. The Labute approximate surface area is 156 Å². The number of hydrogen-bond donors (Lipinski definition) is 0. The Balaban J connectivity index is 1.79. The number of anilines is 1. The number of nitrogens with zero attached hydrogens (tertiary/aromatic N) is 2. The van der Waals surface area contributed by atoms with Crippen molar-refractivity contribution in [3.63, 3.8) is 0 Å². The maximum Gasteiger partial charge on any atom is 0.182 e. The summed E-state index contributed by atoms with van der Waals surface area (Å²) in [6.07, 6.45) is 4.05. The Morgan fingerprint density at radius 1 is 0.958 bits per heavy atom. The number of rotatable bonds is 3. The van der Waals surface area contributed by atoms with Crippen LogP contribution in [0.5, 0.6) is 0 Å². The zero-order valence-electron chi connectivity index (χ0n) is 12.6. The molecule has 0 aliphatic carbocycles. The monoisotopic (exact) mass is 404 g/mol. The molecule has 0 unspecified atom stereocenters. The molecular formula is C16H15Cl3N2O2S. The summed E-state index contributed by atoms with van der Waals surface area (Å²) in [6.45, 7) is 1.11. The minimum atomic E-state index is -3.46. The van der Waals surface area contributed by atoms with Crippen LogP contribution in [0.2, 0.25) is 15.1 Å². The summed E-state index contributed by atoms with van der Waals surface area (Å²) in [6, 6.07) is 6.56. The van der Waals surface area contributed by atoms with Gasteiger partial charge in [-0.1, -0.05) is 46.9 Å². The minimum absolute atomic E-state index is 0.199. The zero-order valence-corrected chi connectivity index (χ0v) is 15.7. The molecule has 128 valence electrons. The van der Waals surface area contributed by atoms with E-state index in [1.807, 2.05) is 4.90 Å². The lowest BCUT2D eigenvalue weighted by atomic mass is 10.1. The van der Waals surface area contributed by atoms with Gasteiger partial charge in [0.05, 0.1) is 30.9 Å². The van der Waals surface area contributed by atoms with E-state index in [1.54, 1.807) is 24.3 Å². The van der Waals surface area contributed by atoms with E-state index in [4.69, 9.17) is 34.8 Å². The number of hydrogen-bond acceptors (Lipinski definition) is 4. The number of aromatic nitrogens is 1. The van der Waals surface area contributed by atoms with Gasteiger partial charge in [0.15, 0.2) is 9.84 Å². The van der Waals surface area contributed by atoms with E-state index in [0.29, 0.717) is 41.7 Å². The lowest BCUT2D eigenvalue weighted by molar-refractivity contribution is 0.530. The lowest BCUT2D eigenvalue weighted by Gasteiger charge is -2.34. The average Bonchev–Trinajstić information content (AvgIpc) is 2.55. The van der Waals surface area contributed by atoms with E-state index in [2.05, 4.69) is 4.98 Å². The predicted molar refractivity (Wildman–Crippen MR) is 98.1 cm³/mol. The molecule has 1 aliphatic rings. The van der Waals surface area contributed by atoms with E-state index in [-0.39, 0.29) is 9.92 Å². The van der Waals surface area contributed by atoms with Crippen LogP contribution in [0.4, 0.5) is 5.69 Å². The standard InChI is InChI=1S/C16H15Cl3N2O2S/c17-12-3-1-2-4-15(12)24(22,23)11-5-7-21(8-6-11)16-13(18)9-20-10-14(16)19/h1-4,9-11H,5-8H2. The second-order valence-electron chi connectivity index (χ2n) is 5.61. The van der Waals surface area contributed by atoms with Crippen LogP contribution < -0.4 is 4.90 Å². The first-order valence-electron chi connectivity index (χ1n) is 7.43. The van der Waals surface area contributed by atoms with Crippen molar-refractivity contribution in [1.29, 1.82) is 0 Å². The van der Waals surface area contributed by atoms with Crippen molar-refractivity contribution in [2.24, 2.45) is 0 Å². The Hall–Kier alpha value is -1.01. The van der Waals surface area contributed by atoms with Crippen LogP contribution in [0.25, 0.3) is 0 Å². The van der Waals surface area contributed by atoms with Crippen LogP contribution in [0.1, 0.15) is 12.8 Å². The van der Waals surface area contributed by atoms with E-state index in [1.165, 1.54) is 12.4 Å². The molecule has 24 heavy (non-hydrogen) atoms. The molecule has 2 aromatic rings. The molecule has 3 rings (SSSR count). The summed E-state index contributed by atoms with van der Waals surface area (Å²) in [5.74, 6) is 0. The summed E-state index contributed by atoms with van der Waals surface area (Å²) in [4.78, 5) is 6.15. The van der Waals surface area contributed by atoms with Gasteiger partial charge in [-0.2, -0.15) is 0 Å². The molecule has 4 nitrogen and oxygen atoms in total. The maximum absolute atomic E-state index is 12.8. The molecule has 1 aromatic carbocycles. The van der Waals surface area contributed by atoms with Gasteiger partial charge in [0.2, 0.25) is 0 Å². The van der Waals surface area contributed by atoms with E-state index >= 15 is 0 Å². The van der Waals surface area contributed by atoms with Crippen molar-refractivity contribution >= 4 is 50.3 Å². The molecule has 2 heterocycles. The molecule has 0 amide bonds. The quantitative estimate of drug-likeness (QED) is 0.755.